The van der Waals surface area contributed by atoms with Crippen LogP contribution in [-0.4, -0.2) is 9.78 Å². The van der Waals surface area contributed by atoms with Crippen molar-refractivity contribution in [1.29, 1.82) is 0 Å². The molecule has 1 unspecified atom stereocenters. The van der Waals surface area contributed by atoms with Crippen LogP contribution in [0.4, 0.5) is 0 Å². The molecular formula is C18H23ClN2. The Morgan fingerprint density at radius 2 is 1.90 bits per heavy atom. The molecule has 2 aromatic rings. The summed E-state index contributed by atoms with van der Waals surface area (Å²) in [5.74, 6) is 0. The van der Waals surface area contributed by atoms with Crippen molar-refractivity contribution < 1.29 is 0 Å². The lowest BCUT2D eigenvalue weighted by Crippen LogP contribution is -2.05. The molecular weight excluding hydrogens is 280 g/mol. The van der Waals surface area contributed by atoms with Crippen LogP contribution in [0.5, 0.6) is 0 Å². The highest BCUT2D eigenvalue weighted by molar-refractivity contribution is 6.20. The predicted molar refractivity (Wildman–Crippen MR) is 87.7 cm³/mol. The van der Waals surface area contributed by atoms with Crippen LogP contribution in [-0.2, 0) is 6.42 Å². The van der Waals surface area contributed by atoms with E-state index >= 15 is 0 Å². The summed E-state index contributed by atoms with van der Waals surface area (Å²) >= 11 is 6.46. The minimum Gasteiger partial charge on any atom is -0.269 e. The van der Waals surface area contributed by atoms with E-state index in [2.05, 4.69) is 29.1 Å². The lowest BCUT2D eigenvalue weighted by molar-refractivity contribution is 0.462. The molecule has 1 aromatic carbocycles. The van der Waals surface area contributed by atoms with Gasteiger partial charge in [-0.1, -0.05) is 43.2 Å². The topological polar surface area (TPSA) is 17.8 Å². The summed E-state index contributed by atoms with van der Waals surface area (Å²) in [7, 11) is 0. The van der Waals surface area contributed by atoms with Crippen molar-refractivity contribution in [2.75, 3.05) is 0 Å². The third-order valence-electron chi connectivity index (χ3n) is 4.41. The third kappa shape index (κ3) is 3.88. The third-order valence-corrected chi connectivity index (χ3v) is 4.88. The minimum absolute atomic E-state index is 0.114. The average molecular weight is 303 g/mol. The molecule has 1 atom stereocenters. The summed E-state index contributed by atoms with van der Waals surface area (Å²) in [6.45, 7) is 0. The first-order chi connectivity index (χ1) is 10.3. The first kappa shape index (κ1) is 14.6. The first-order valence-corrected chi connectivity index (χ1v) is 8.49. The van der Waals surface area contributed by atoms with E-state index in [1.165, 1.54) is 36.9 Å². The van der Waals surface area contributed by atoms with Gasteiger partial charge in [-0.3, -0.25) is 4.68 Å². The van der Waals surface area contributed by atoms with Crippen molar-refractivity contribution in [2.24, 2.45) is 0 Å². The van der Waals surface area contributed by atoms with Gasteiger partial charge in [0.1, 0.15) is 0 Å². The number of rotatable bonds is 6. The maximum absolute atomic E-state index is 6.46. The zero-order valence-electron chi connectivity index (χ0n) is 12.4. The van der Waals surface area contributed by atoms with Crippen molar-refractivity contribution >= 4 is 11.6 Å². The Morgan fingerprint density at radius 1 is 1.14 bits per heavy atom. The van der Waals surface area contributed by atoms with E-state index in [9.17, 15) is 0 Å². The number of hydrogen-bond donors (Lipinski definition) is 0. The summed E-state index contributed by atoms with van der Waals surface area (Å²) in [6, 6.07) is 13.2. The maximum atomic E-state index is 6.46. The lowest BCUT2D eigenvalue weighted by atomic mass is 10.1. The van der Waals surface area contributed by atoms with E-state index in [1.54, 1.807) is 0 Å². The molecule has 0 saturated heterocycles. The van der Waals surface area contributed by atoms with Gasteiger partial charge in [-0.25, -0.2) is 0 Å². The van der Waals surface area contributed by atoms with Crippen LogP contribution in [0, 0.1) is 0 Å². The van der Waals surface area contributed by atoms with Crippen LogP contribution < -0.4 is 0 Å². The Morgan fingerprint density at radius 3 is 2.67 bits per heavy atom. The molecule has 2 nitrogen and oxygen atoms in total. The van der Waals surface area contributed by atoms with E-state index in [0.29, 0.717) is 6.04 Å². The van der Waals surface area contributed by atoms with Gasteiger partial charge < -0.3 is 0 Å². The molecule has 1 saturated carbocycles. The molecule has 1 aliphatic carbocycles. The smallest absolute Gasteiger partial charge is 0.0624 e. The molecule has 1 aliphatic rings. The number of halogens is 1. The number of aryl methyl sites for hydroxylation is 1. The molecule has 21 heavy (non-hydrogen) atoms. The molecule has 0 amide bonds. The largest absolute Gasteiger partial charge is 0.269 e. The number of alkyl halides is 1. The molecule has 1 aromatic heterocycles. The summed E-state index contributed by atoms with van der Waals surface area (Å²) in [5.41, 5.74) is 2.43. The van der Waals surface area contributed by atoms with Crippen LogP contribution in [0.1, 0.15) is 61.2 Å². The van der Waals surface area contributed by atoms with Crippen LogP contribution in [0.15, 0.2) is 42.6 Å². The average Bonchev–Trinajstić information content (AvgIpc) is 3.19. The van der Waals surface area contributed by atoms with Gasteiger partial charge in [0.2, 0.25) is 0 Å². The molecule has 112 valence electrons. The lowest BCUT2D eigenvalue weighted by Gasteiger charge is -2.10. The molecule has 0 N–H and O–H groups in total. The standard InChI is InChI=1S/C18H23ClN2/c19-18(15-7-2-1-3-8-15)12-6-9-16-13-14-21(20-16)17-10-4-5-11-17/h1-3,7-8,13-14,17-18H,4-6,9-12H2. The highest BCUT2D eigenvalue weighted by Gasteiger charge is 2.17. The van der Waals surface area contributed by atoms with Crippen LogP contribution >= 0.6 is 11.6 Å². The highest BCUT2D eigenvalue weighted by Crippen LogP contribution is 2.29. The number of hydrogen-bond acceptors (Lipinski definition) is 1. The summed E-state index contributed by atoms with van der Waals surface area (Å²) < 4.78 is 2.18. The van der Waals surface area contributed by atoms with Gasteiger partial charge in [0.05, 0.1) is 17.1 Å². The van der Waals surface area contributed by atoms with Crippen molar-refractivity contribution in [3.8, 4) is 0 Å². The van der Waals surface area contributed by atoms with Crippen molar-refractivity contribution in [3.63, 3.8) is 0 Å². The number of aromatic nitrogens is 2. The van der Waals surface area contributed by atoms with Gasteiger partial charge in [0.15, 0.2) is 0 Å². The second-order valence-electron chi connectivity index (χ2n) is 6.00. The molecule has 0 radical (unpaired) electrons. The summed E-state index contributed by atoms with van der Waals surface area (Å²) in [6.07, 6.45) is 10.6. The van der Waals surface area contributed by atoms with Gasteiger partial charge in [0.25, 0.3) is 0 Å². The van der Waals surface area contributed by atoms with Crippen LogP contribution in [0.3, 0.4) is 0 Å². The monoisotopic (exact) mass is 302 g/mol. The van der Waals surface area contributed by atoms with Crippen LogP contribution in [0.2, 0.25) is 0 Å². The fraction of sp³-hybridized carbons (Fsp3) is 0.500. The van der Waals surface area contributed by atoms with E-state index in [-0.39, 0.29) is 5.38 Å². The quantitative estimate of drug-likeness (QED) is 0.662. The van der Waals surface area contributed by atoms with Crippen LogP contribution in [0.25, 0.3) is 0 Å². The predicted octanol–water partition coefficient (Wildman–Crippen LogP) is 5.30. The van der Waals surface area contributed by atoms with Gasteiger partial charge in [-0.05, 0) is 43.7 Å². The van der Waals surface area contributed by atoms with E-state index < -0.39 is 0 Å². The van der Waals surface area contributed by atoms with Gasteiger partial charge in [-0.15, -0.1) is 11.6 Å². The zero-order valence-corrected chi connectivity index (χ0v) is 13.2. The highest BCUT2D eigenvalue weighted by atomic mass is 35.5. The molecule has 0 aliphatic heterocycles. The SMILES string of the molecule is ClC(CCCc1ccn(C2CCCC2)n1)c1ccccc1. The van der Waals surface area contributed by atoms with Gasteiger partial charge >= 0.3 is 0 Å². The van der Waals surface area contributed by atoms with Crippen molar-refractivity contribution in [3.05, 3.63) is 53.9 Å². The molecule has 0 spiro atoms. The van der Waals surface area contributed by atoms with E-state index in [4.69, 9.17) is 16.7 Å². The van der Waals surface area contributed by atoms with Crippen molar-refractivity contribution in [1.82, 2.24) is 9.78 Å². The van der Waals surface area contributed by atoms with E-state index in [0.717, 1.165) is 19.3 Å². The molecule has 3 rings (SSSR count). The minimum atomic E-state index is 0.114. The Kier molecular flexibility index (Phi) is 4.97. The Labute approximate surface area is 132 Å². The fourth-order valence-electron chi connectivity index (χ4n) is 3.17. The maximum Gasteiger partial charge on any atom is 0.0624 e. The molecule has 1 fully saturated rings. The second kappa shape index (κ2) is 7.13. The molecule has 1 heterocycles. The molecule has 0 bridgehead atoms. The Bertz CT molecular complexity index is 543. The van der Waals surface area contributed by atoms with Gasteiger partial charge in [0, 0.05) is 6.20 Å². The second-order valence-corrected chi connectivity index (χ2v) is 6.52. The summed E-state index contributed by atoms with van der Waals surface area (Å²) in [4.78, 5) is 0. The number of benzene rings is 1. The Hall–Kier alpha value is -1.28. The summed E-state index contributed by atoms with van der Waals surface area (Å²) in [5, 5.41) is 4.85. The van der Waals surface area contributed by atoms with Crippen molar-refractivity contribution in [2.45, 2.75) is 56.4 Å². The zero-order chi connectivity index (χ0) is 14.5. The number of nitrogens with zero attached hydrogens (tertiary/aromatic N) is 2. The normalized spacial score (nSPS) is 17.2. The van der Waals surface area contributed by atoms with E-state index in [1.807, 2.05) is 18.2 Å². The molecule has 3 heteroatoms. The first-order valence-electron chi connectivity index (χ1n) is 8.06. The fourth-order valence-corrected chi connectivity index (χ4v) is 3.47. The Balaban J connectivity index is 1.47. The van der Waals surface area contributed by atoms with Gasteiger partial charge in [-0.2, -0.15) is 5.10 Å².